The normalized spacial score (nSPS) is 16.0. The van der Waals surface area contributed by atoms with Crippen molar-refractivity contribution in [2.24, 2.45) is 5.92 Å². The Morgan fingerprint density at radius 1 is 1.69 bits per heavy atom. The van der Waals surface area contributed by atoms with Gasteiger partial charge in [0.1, 0.15) is 5.78 Å². The average molecular weight is 196 g/mol. The lowest BCUT2D eigenvalue weighted by Gasteiger charge is -1.94. The molecule has 1 heterocycles. The number of ketones is 1. The lowest BCUT2D eigenvalue weighted by atomic mass is 10.1. The molecule has 0 aromatic carbocycles. The van der Waals surface area contributed by atoms with Crippen LogP contribution in [0.4, 0.5) is 5.13 Å². The highest BCUT2D eigenvalue weighted by atomic mass is 32.1. The van der Waals surface area contributed by atoms with Gasteiger partial charge in [-0.2, -0.15) is 0 Å². The van der Waals surface area contributed by atoms with Crippen LogP contribution in [0.25, 0.3) is 0 Å². The molecule has 70 valence electrons. The number of hydrogen-bond acceptors (Lipinski definition) is 4. The summed E-state index contributed by atoms with van der Waals surface area (Å²) in [7, 11) is 0. The Balaban J connectivity index is 1.85. The molecule has 1 fully saturated rings. The number of thiazole rings is 1. The van der Waals surface area contributed by atoms with E-state index in [-0.39, 0.29) is 0 Å². The third-order valence-corrected chi connectivity index (χ3v) is 2.88. The number of aromatic nitrogens is 1. The second-order valence-electron chi connectivity index (χ2n) is 3.54. The molecule has 0 bridgehead atoms. The molecule has 0 saturated heterocycles. The lowest BCUT2D eigenvalue weighted by Crippen LogP contribution is -2.03. The zero-order valence-corrected chi connectivity index (χ0v) is 8.14. The molecule has 1 aliphatic rings. The Morgan fingerprint density at radius 2 is 2.46 bits per heavy atom. The Morgan fingerprint density at radius 3 is 3.00 bits per heavy atom. The van der Waals surface area contributed by atoms with Crippen LogP contribution in [0, 0.1) is 5.92 Å². The molecule has 0 amide bonds. The van der Waals surface area contributed by atoms with Gasteiger partial charge in [0.05, 0.1) is 5.69 Å². The van der Waals surface area contributed by atoms with Crippen molar-refractivity contribution in [2.75, 3.05) is 5.73 Å². The number of nitrogens with zero attached hydrogens (tertiary/aromatic N) is 1. The smallest absolute Gasteiger partial charge is 0.180 e. The molecule has 3 nitrogen and oxygen atoms in total. The van der Waals surface area contributed by atoms with Gasteiger partial charge in [-0.25, -0.2) is 4.98 Å². The molecule has 0 aliphatic heterocycles. The summed E-state index contributed by atoms with van der Waals surface area (Å²) in [6.07, 6.45) is 3.65. The molecule has 2 rings (SSSR count). The SMILES string of the molecule is Nc1nc(CC(=O)CC2CC2)cs1. The highest BCUT2D eigenvalue weighted by Crippen LogP contribution is 2.32. The summed E-state index contributed by atoms with van der Waals surface area (Å²) in [5.41, 5.74) is 6.29. The quantitative estimate of drug-likeness (QED) is 0.796. The van der Waals surface area contributed by atoms with E-state index >= 15 is 0 Å². The minimum absolute atomic E-state index is 0.299. The molecule has 0 atom stereocenters. The van der Waals surface area contributed by atoms with Crippen molar-refractivity contribution in [2.45, 2.75) is 25.7 Å². The van der Waals surface area contributed by atoms with Crippen LogP contribution in [0.2, 0.25) is 0 Å². The second kappa shape index (κ2) is 3.46. The number of carbonyl (C=O) groups excluding carboxylic acids is 1. The first-order valence-corrected chi connectivity index (χ1v) is 5.33. The van der Waals surface area contributed by atoms with Crippen molar-refractivity contribution in [3.05, 3.63) is 11.1 Å². The third-order valence-electron chi connectivity index (χ3n) is 2.16. The maximum atomic E-state index is 11.4. The first-order valence-electron chi connectivity index (χ1n) is 4.45. The Kier molecular flexibility index (Phi) is 2.31. The first-order chi connectivity index (χ1) is 6.24. The van der Waals surface area contributed by atoms with Crippen molar-refractivity contribution >= 4 is 22.3 Å². The van der Waals surface area contributed by atoms with Gasteiger partial charge in [0, 0.05) is 18.2 Å². The Bertz CT molecular complexity index is 317. The number of carbonyl (C=O) groups is 1. The van der Waals surface area contributed by atoms with Crippen LogP contribution in [0.5, 0.6) is 0 Å². The third kappa shape index (κ3) is 2.52. The van der Waals surface area contributed by atoms with Gasteiger partial charge in [-0.15, -0.1) is 11.3 Å². The number of nitrogens with two attached hydrogens (primary N) is 1. The van der Waals surface area contributed by atoms with E-state index in [9.17, 15) is 4.79 Å². The van der Waals surface area contributed by atoms with Gasteiger partial charge in [-0.1, -0.05) is 0 Å². The fraction of sp³-hybridized carbons (Fsp3) is 0.556. The van der Waals surface area contributed by atoms with Crippen LogP contribution >= 0.6 is 11.3 Å². The molecular formula is C9H12N2OS. The van der Waals surface area contributed by atoms with Crippen LogP contribution in [0.15, 0.2) is 5.38 Å². The largest absolute Gasteiger partial charge is 0.375 e. The van der Waals surface area contributed by atoms with Gasteiger partial charge in [-0.3, -0.25) is 4.79 Å². The monoisotopic (exact) mass is 196 g/mol. The molecule has 4 heteroatoms. The minimum atomic E-state index is 0.299. The van der Waals surface area contributed by atoms with E-state index < -0.39 is 0 Å². The second-order valence-corrected chi connectivity index (χ2v) is 4.43. The molecule has 0 unspecified atom stereocenters. The van der Waals surface area contributed by atoms with Crippen molar-refractivity contribution in [1.29, 1.82) is 0 Å². The summed E-state index contributed by atoms with van der Waals surface area (Å²) in [6, 6.07) is 0. The predicted molar refractivity (Wildman–Crippen MR) is 52.6 cm³/mol. The van der Waals surface area contributed by atoms with Crippen molar-refractivity contribution < 1.29 is 4.79 Å². The molecule has 1 saturated carbocycles. The fourth-order valence-corrected chi connectivity index (χ4v) is 1.88. The van der Waals surface area contributed by atoms with Gasteiger partial charge in [0.15, 0.2) is 5.13 Å². The van der Waals surface area contributed by atoms with E-state index in [4.69, 9.17) is 5.73 Å². The molecule has 0 radical (unpaired) electrons. The average Bonchev–Trinajstić information content (AvgIpc) is 2.76. The number of anilines is 1. The Labute approximate surface area is 81.0 Å². The fourth-order valence-electron chi connectivity index (χ4n) is 1.32. The standard InChI is InChI=1S/C9H12N2OS/c10-9-11-7(5-13-9)4-8(12)3-6-1-2-6/h5-6H,1-4H2,(H2,10,11). The summed E-state index contributed by atoms with van der Waals surface area (Å²) in [5, 5.41) is 2.41. The summed E-state index contributed by atoms with van der Waals surface area (Å²) >= 11 is 1.40. The van der Waals surface area contributed by atoms with E-state index in [1.807, 2.05) is 5.38 Å². The van der Waals surface area contributed by atoms with Crippen LogP contribution in [-0.2, 0) is 11.2 Å². The maximum absolute atomic E-state index is 11.4. The summed E-state index contributed by atoms with van der Waals surface area (Å²) < 4.78 is 0. The van der Waals surface area contributed by atoms with E-state index in [1.165, 1.54) is 24.2 Å². The molecule has 13 heavy (non-hydrogen) atoms. The topological polar surface area (TPSA) is 56.0 Å². The van der Waals surface area contributed by atoms with Crippen molar-refractivity contribution in [3.8, 4) is 0 Å². The van der Waals surface area contributed by atoms with Crippen LogP contribution in [-0.4, -0.2) is 10.8 Å². The van der Waals surface area contributed by atoms with Gasteiger partial charge in [0.2, 0.25) is 0 Å². The maximum Gasteiger partial charge on any atom is 0.180 e. The lowest BCUT2D eigenvalue weighted by molar-refractivity contribution is -0.118. The van der Waals surface area contributed by atoms with Crippen molar-refractivity contribution in [1.82, 2.24) is 4.98 Å². The molecule has 1 aliphatic carbocycles. The number of nitrogen functional groups attached to an aromatic ring is 1. The summed E-state index contributed by atoms with van der Waals surface area (Å²) in [5.74, 6) is 0.969. The molecule has 0 spiro atoms. The number of hydrogen-bond donors (Lipinski definition) is 1. The molecule has 2 N–H and O–H groups in total. The predicted octanol–water partition coefficient (Wildman–Crippen LogP) is 1.64. The van der Waals surface area contributed by atoms with E-state index in [0.717, 1.165) is 12.1 Å². The van der Waals surface area contributed by atoms with Gasteiger partial charge < -0.3 is 5.73 Å². The van der Waals surface area contributed by atoms with E-state index in [1.54, 1.807) is 0 Å². The number of rotatable bonds is 4. The Hall–Kier alpha value is -0.900. The first kappa shape index (κ1) is 8.69. The zero-order chi connectivity index (χ0) is 9.26. The van der Waals surface area contributed by atoms with E-state index in [2.05, 4.69) is 4.98 Å². The van der Waals surface area contributed by atoms with Gasteiger partial charge in [0.25, 0.3) is 0 Å². The molecule has 1 aromatic rings. The highest BCUT2D eigenvalue weighted by Gasteiger charge is 2.24. The van der Waals surface area contributed by atoms with Gasteiger partial charge in [-0.05, 0) is 18.8 Å². The van der Waals surface area contributed by atoms with Crippen LogP contribution in [0.1, 0.15) is 25.0 Å². The minimum Gasteiger partial charge on any atom is -0.375 e. The molecular weight excluding hydrogens is 184 g/mol. The summed E-state index contributed by atoms with van der Waals surface area (Å²) in [4.78, 5) is 15.4. The van der Waals surface area contributed by atoms with E-state index in [0.29, 0.717) is 23.3 Å². The highest BCUT2D eigenvalue weighted by molar-refractivity contribution is 7.13. The van der Waals surface area contributed by atoms with Crippen LogP contribution < -0.4 is 5.73 Å². The van der Waals surface area contributed by atoms with Gasteiger partial charge >= 0.3 is 0 Å². The van der Waals surface area contributed by atoms with Crippen LogP contribution in [0.3, 0.4) is 0 Å². The summed E-state index contributed by atoms with van der Waals surface area (Å²) in [6.45, 7) is 0. The molecule has 1 aromatic heterocycles. The number of Topliss-reactive ketones (excluding diaryl/α,β-unsaturated/α-hetero) is 1. The van der Waals surface area contributed by atoms with Crippen molar-refractivity contribution in [3.63, 3.8) is 0 Å². The zero-order valence-electron chi connectivity index (χ0n) is 7.32.